The lowest BCUT2D eigenvalue weighted by molar-refractivity contribution is 0.590. The molecule has 4 nitrogen and oxygen atoms in total. The summed E-state index contributed by atoms with van der Waals surface area (Å²) in [6.45, 7) is 18.5. The van der Waals surface area contributed by atoms with Crippen LogP contribution in [0, 0.1) is 0 Å². The summed E-state index contributed by atoms with van der Waals surface area (Å²) in [4.78, 5) is 5.26. The molecule has 0 saturated carbocycles. The van der Waals surface area contributed by atoms with Gasteiger partial charge in [0.1, 0.15) is 5.82 Å². The molecule has 2 aliphatic rings. The van der Waals surface area contributed by atoms with E-state index in [1.807, 2.05) is 0 Å². The van der Waals surface area contributed by atoms with Gasteiger partial charge < -0.3 is 14.5 Å². The molecular formula is C55H50BN4. The van der Waals surface area contributed by atoms with Gasteiger partial charge in [0.15, 0.2) is 7.28 Å². The number of rotatable bonds is 4. The smallest absolute Gasteiger partial charge is 0.198 e. The standard InChI is InChI=1S/C55H50BN4/c1-53(2,3)33-19-22-35(23-20-33)57-45-26-21-34(54(4,5)6)27-40(45)37-24-25-38-41-28-39-36-17-13-14-18-42(36)55(7,8)43(39)29-47(41)60-48-31-49-46(30-44(48)56-50(37)51(38)60)58-52(59(49)9)32-15-11-10-12-16-32/h10-31,57H,1-9H3. The van der Waals surface area contributed by atoms with Crippen molar-refractivity contribution in [3.8, 4) is 39.3 Å². The molecule has 293 valence electrons. The van der Waals surface area contributed by atoms with Crippen molar-refractivity contribution in [1.82, 2.24) is 14.1 Å². The van der Waals surface area contributed by atoms with Crippen LogP contribution in [0.2, 0.25) is 0 Å². The van der Waals surface area contributed by atoms with Crippen LogP contribution in [0.4, 0.5) is 11.4 Å². The van der Waals surface area contributed by atoms with Crippen LogP contribution in [-0.2, 0) is 23.3 Å². The molecule has 0 spiro atoms. The molecule has 0 amide bonds. The number of fused-ring (bicyclic) bond motifs is 9. The summed E-state index contributed by atoms with van der Waals surface area (Å²) in [6.07, 6.45) is 0. The predicted molar refractivity (Wildman–Crippen MR) is 256 cm³/mol. The number of anilines is 2. The van der Waals surface area contributed by atoms with Gasteiger partial charge in [-0.1, -0.05) is 146 Å². The molecule has 2 aromatic heterocycles. The number of benzene rings is 7. The average molecular weight is 778 g/mol. The second-order valence-electron chi connectivity index (χ2n) is 19.7. The lowest BCUT2D eigenvalue weighted by Gasteiger charge is -2.26. The van der Waals surface area contributed by atoms with Crippen molar-refractivity contribution in [2.24, 2.45) is 7.05 Å². The van der Waals surface area contributed by atoms with E-state index in [4.69, 9.17) is 4.98 Å². The molecule has 1 radical (unpaired) electrons. The zero-order valence-corrected chi connectivity index (χ0v) is 36.1. The minimum atomic E-state index is -0.121. The molecule has 7 aromatic carbocycles. The van der Waals surface area contributed by atoms with Gasteiger partial charge in [-0.2, -0.15) is 0 Å². The van der Waals surface area contributed by atoms with Crippen LogP contribution in [0.3, 0.4) is 0 Å². The maximum absolute atomic E-state index is 5.26. The Bertz CT molecular complexity index is 3240. The van der Waals surface area contributed by atoms with E-state index in [0.29, 0.717) is 0 Å². The zero-order valence-electron chi connectivity index (χ0n) is 36.1. The third-order valence-electron chi connectivity index (χ3n) is 13.5. The van der Waals surface area contributed by atoms with Crippen molar-refractivity contribution in [3.63, 3.8) is 0 Å². The van der Waals surface area contributed by atoms with Gasteiger partial charge in [-0.15, -0.1) is 0 Å². The molecule has 1 aliphatic heterocycles. The summed E-state index contributed by atoms with van der Waals surface area (Å²) in [6, 6.07) is 49.9. The molecule has 0 bridgehead atoms. The maximum Gasteiger partial charge on any atom is 0.198 e. The molecule has 3 heterocycles. The summed E-state index contributed by atoms with van der Waals surface area (Å²) in [7, 11) is 4.58. The lowest BCUT2D eigenvalue weighted by atomic mass is 9.59. The summed E-state index contributed by atoms with van der Waals surface area (Å²) in [5.74, 6) is 0.969. The Balaban J connectivity index is 1.19. The Morgan fingerprint density at radius 2 is 1.32 bits per heavy atom. The zero-order chi connectivity index (χ0) is 41.5. The van der Waals surface area contributed by atoms with Gasteiger partial charge in [-0.25, -0.2) is 4.98 Å². The van der Waals surface area contributed by atoms with Gasteiger partial charge in [-0.3, -0.25) is 0 Å². The van der Waals surface area contributed by atoms with E-state index in [1.165, 1.54) is 82.9 Å². The first-order chi connectivity index (χ1) is 28.7. The van der Waals surface area contributed by atoms with Gasteiger partial charge >= 0.3 is 0 Å². The molecule has 0 fully saturated rings. The first-order valence-electron chi connectivity index (χ1n) is 21.4. The Hall–Kier alpha value is -6.33. The van der Waals surface area contributed by atoms with Crippen molar-refractivity contribution >= 4 is 62.4 Å². The second-order valence-corrected chi connectivity index (χ2v) is 19.7. The first-order valence-corrected chi connectivity index (χ1v) is 21.4. The molecule has 1 aliphatic carbocycles. The van der Waals surface area contributed by atoms with E-state index in [-0.39, 0.29) is 16.2 Å². The highest BCUT2D eigenvalue weighted by Gasteiger charge is 2.37. The van der Waals surface area contributed by atoms with Crippen LogP contribution < -0.4 is 16.2 Å². The van der Waals surface area contributed by atoms with Gasteiger partial charge in [0.25, 0.3) is 0 Å². The van der Waals surface area contributed by atoms with Crippen molar-refractivity contribution in [2.75, 3.05) is 5.32 Å². The monoisotopic (exact) mass is 777 g/mol. The molecule has 0 unspecified atom stereocenters. The minimum absolute atomic E-state index is 0.0289. The van der Waals surface area contributed by atoms with E-state index >= 15 is 0 Å². The minimum Gasteiger partial charge on any atom is -0.355 e. The van der Waals surface area contributed by atoms with Crippen LogP contribution >= 0.6 is 0 Å². The molecular weight excluding hydrogens is 727 g/mol. The van der Waals surface area contributed by atoms with Gasteiger partial charge in [0.05, 0.1) is 16.6 Å². The maximum atomic E-state index is 5.26. The fourth-order valence-electron chi connectivity index (χ4n) is 10.1. The molecule has 1 N–H and O–H groups in total. The van der Waals surface area contributed by atoms with Crippen LogP contribution in [0.1, 0.15) is 77.6 Å². The van der Waals surface area contributed by atoms with E-state index in [1.54, 1.807) is 0 Å². The third-order valence-corrected chi connectivity index (χ3v) is 13.5. The van der Waals surface area contributed by atoms with Crippen LogP contribution in [0.25, 0.3) is 72.2 Å². The van der Waals surface area contributed by atoms with E-state index in [9.17, 15) is 0 Å². The predicted octanol–water partition coefficient (Wildman–Crippen LogP) is 12.6. The Kier molecular flexibility index (Phi) is 7.71. The molecule has 5 heteroatoms. The Labute approximate surface area is 354 Å². The molecule has 60 heavy (non-hydrogen) atoms. The Morgan fingerprint density at radius 1 is 0.600 bits per heavy atom. The van der Waals surface area contributed by atoms with E-state index < -0.39 is 0 Å². The first kappa shape index (κ1) is 36.7. The third kappa shape index (κ3) is 5.41. The lowest BCUT2D eigenvalue weighted by Crippen LogP contribution is -2.37. The Morgan fingerprint density at radius 3 is 2.07 bits per heavy atom. The summed E-state index contributed by atoms with van der Waals surface area (Å²) in [5.41, 5.74) is 21.9. The van der Waals surface area contributed by atoms with Crippen molar-refractivity contribution in [3.05, 3.63) is 156 Å². The van der Waals surface area contributed by atoms with Crippen LogP contribution in [-0.4, -0.2) is 21.4 Å². The largest absolute Gasteiger partial charge is 0.355 e. The number of aromatic nitrogens is 3. The highest BCUT2D eigenvalue weighted by Crippen LogP contribution is 2.51. The quantitative estimate of drug-likeness (QED) is 0.181. The molecule has 0 atom stereocenters. The highest BCUT2D eigenvalue weighted by atomic mass is 15.1. The summed E-state index contributed by atoms with van der Waals surface area (Å²) < 4.78 is 4.82. The number of nitrogens with zero attached hydrogens (tertiary/aromatic N) is 3. The van der Waals surface area contributed by atoms with Crippen molar-refractivity contribution in [1.29, 1.82) is 0 Å². The number of nitrogens with one attached hydrogen (secondary N) is 1. The van der Waals surface area contributed by atoms with Crippen molar-refractivity contribution in [2.45, 2.75) is 71.6 Å². The van der Waals surface area contributed by atoms with Crippen LogP contribution in [0.15, 0.2) is 133 Å². The second kappa shape index (κ2) is 12.6. The topological polar surface area (TPSA) is 34.8 Å². The molecule has 9 aromatic rings. The van der Waals surface area contributed by atoms with Gasteiger partial charge in [0.2, 0.25) is 0 Å². The summed E-state index contributed by atoms with van der Waals surface area (Å²) >= 11 is 0. The normalized spacial score (nSPS) is 14.0. The fraction of sp³-hybridized carbons (Fsp3) is 0.218. The average Bonchev–Trinajstić information content (AvgIpc) is 3.81. The number of aryl methyl sites for hydroxylation is 1. The van der Waals surface area contributed by atoms with Gasteiger partial charge in [0, 0.05) is 56.9 Å². The SMILES string of the molecule is Cn1c(-c2ccccc2)nc2cc3c(cc21)-n1c2cc4c(cc2c2ccc(-c5cc(C(C)(C)C)ccc5Nc5ccc(C(C)(C)C)cc5)c(c21)[B]3)-c1ccccc1C4(C)C. The number of hydrogen-bond acceptors (Lipinski definition) is 2. The van der Waals surface area contributed by atoms with Gasteiger partial charge in [-0.05, 0) is 104 Å². The fourth-order valence-corrected chi connectivity index (χ4v) is 10.1. The van der Waals surface area contributed by atoms with Crippen molar-refractivity contribution < 1.29 is 0 Å². The molecule has 11 rings (SSSR count). The van der Waals surface area contributed by atoms with Crippen LogP contribution in [0.5, 0.6) is 0 Å². The highest BCUT2D eigenvalue weighted by molar-refractivity contribution is 6.73. The summed E-state index contributed by atoms with van der Waals surface area (Å²) in [5, 5.41) is 6.42. The van der Waals surface area contributed by atoms with E-state index in [2.05, 4.69) is 218 Å². The molecule has 0 saturated heterocycles. The number of hydrogen-bond donors (Lipinski definition) is 1. The number of imidazole rings is 1. The van der Waals surface area contributed by atoms with E-state index in [0.717, 1.165) is 33.8 Å².